The maximum atomic E-state index is 4.42. The molecule has 1 saturated heterocycles. The molecule has 1 aliphatic carbocycles. The molecule has 3 heterocycles. The molecule has 0 radical (unpaired) electrons. The van der Waals surface area contributed by atoms with Crippen molar-refractivity contribution < 1.29 is 0 Å². The Kier molecular flexibility index (Phi) is 5.06. The fraction of sp³-hybridized carbons (Fsp3) is 0.526. The van der Waals surface area contributed by atoms with Gasteiger partial charge in [0.25, 0.3) is 0 Å². The van der Waals surface area contributed by atoms with E-state index in [9.17, 15) is 0 Å². The van der Waals surface area contributed by atoms with E-state index in [1.54, 1.807) is 6.33 Å². The molecule has 6 nitrogen and oxygen atoms in total. The fourth-order valence-corrected chi connectivity index (χ4v) is 3.27. The van der Waals surface area contributed by atoms with Gasteiger partial charge in [0, 0.05) is 44.5 Å². The number of hydrogen-bond donors (Lipinski definition) is 2. The molecule has 0 bridgehead atoms. The van der Waals surface area contributed by atoms with Gasteiger partial charge in [-0.15, -0.1) is 0 Å². The third-order valence-corrected chi connectivity index (χ3v) is 4.99. The van der Waals surface area contributed by atoms with E-state index in [1.807, 2.05) is 18.3 Å². The van der Waals surface area contributed by atoms with Gasteiger partial charge in [-0.05, 0) is 43.7 Å². The maximum Gasteiger partial charge on any atom is 0.131 e. The molecule has 132 valence electrons. The highest BCUT2D eigenvalue weighted by molar-refractivity contribution is 5.47. The van der Waals surface area contributed by atoms with E-state index < -0.39 is 0 Å². The monoisotopic (exact) mass is 338 g/mol. The number of hydrogen-bond acceptors (Lipinski definition) is 6. The summed E-state index contributed by atoms with van der Waals surface area (Å²) in [6, 6.07) is 8.63. The Bertz CT molecular complexity index is 665. The van der Waals surface area contributed by atoms with Crippen LogP contribution in [0.5, 0.6) is 0 Å². The molecule has 2 fully saturated rings. The van der Waals surface area contributed by atoms with Crippen molar-refractivity contribution in [3.05, 3.63) is 42.5 Å². The van der Waals surface area contributed by atoms with Crippen molar-refractivity contribution >= 4 is 11.6 Å². The van der Waals surface area contributed by atoms with Gasteiger partial charge in [-0.25, -0.2) is 9.97 Å². The summed E-state index contributed by atoms with van der Waals surface area (Å²) in [6.45, 7) is 4.15. The molecule has 0 amide bonds. The van der Waals surface area contributed by atoms with E-state index in [1.165, 1.54) is 12.8 Å². The first kappa shape index (κ1) is 16.3. The zero-order valence-corrected chi connectivity index (χ0v) is 14.6. The lowest BCUT2D eigenvalue weighted by Gasteiger charge is -2.32. The third kappa shape index (κ3) is 4.89. The van der Waals surface area contributed by atoms with Crippen LogP contribution < -0.4 is 10.6 Å². The van der Waals surface area contributed by atoms with Crippen LogP contribution in [0.1, 0.15) is 31.4 Å². The van der Waals surface area contributed by atoms with Crippen LogP contribution in [0, 0.1) is 5.92 Å². The van der Waals surface area contributed by atoms with Crippen LogP contribution >= 0.6 is 0 Å². The highest BCUT2D eigenvalue weighted by atomic mass is 15.2. The van der Waals surface area contributed by atoms with Crippen molar-refractivity contribution in [1.82, 2.24) is 19.9 Å². The van der Waals surface area contributed by atoms with E-state index >= 15 is 0 Å². The second kappa shape index (κ2) is 7.78. The zero-order chi connectivity index (χ0) is 16.9. The van der Waals surface area contributed by atoms with Gasteiger partial charge in [0.15, 0.2) is 0 Å². The Hall–Kier alpha value is -2.21. The van der Waals surface area contributed by atoms with E-state index in [4.69, 9.17) is 0 Å². The van der Waals surface area contributed by atoms with E-state index in [-0.39, 0.29) is 0 Å². The molecule has 1 aliphatic heterocycles. The zero-order valence-electron chi connectivity index (χ0n) is 14.6. The normalized spacial score (nSPS) is 18.9. The summed E-state index contributed by atoms with van der Waals surface area (Å²) in [4.78, 5) is 15.6. The summed E-state index contributed by atoms with van der Waals surface area (Å²) in [5.74, 6) is 2.70. The number of nitrogens with zero attached hydrogens (tertiary/aromatic N) is 4. The van der Waals surface area contributed by atoms with Gasteiger partial charge in [0.1, 0.15) is 18.0 Å². The highest BCUT2D eigenvalue weighted by Gasteiger charge is 2.21. The molecule has 25 heavy (non-hydrogen) atoms. The number of likely N-dealkylation sites (tertiary alicyclic amines) is 1. The Balaban J connectivity index is 1.24. The van der Waals surface area contributed by atoms with Crippen LogP contribution in [-0.4, -0.2) is 45.5 Å². The standard InChI is InChI=1S/C19H26N6/c1-2-8-20-17(3-1)13-25-9-6-16(7-10-25)24-19-11-18(22-14-23-19)21-12-15-4-5-15/h1-3,8,11,14-16H,4-7,9-10,12-13H2,(H2,21,22,23,24). The minimum atomic E-state index is 0.478. The van der Waals surface area contributed by atoms with Gasteiger partial charge in [-0.2, -0.15) is 0 Å². The molecule has 6 heteroatoms. The lowest BCUT2D eigenvalue weighted by atomic mass is 10.0. The molecule has 2 aromatic heterocycles. The molecule has 1 saturated carbocycles. The highest BCUT2D eigenvalue weighted by Crippen LogP contribution is 2.28. The predicted octanol–water partition coefficient (Wildman–Crippen LogP) is 2.77. The summed E-state index contributed by atoms with van der Waals surface area (Å²) < 4.78 is 0. The van der Waals surface area contributed by atoms with E-state index in [0.29, 0.717) is 6.04 Å². The molecule has 0 unspecified atom stereocenters. The fourth-order valence-electron chi connectivity index (χ4n) is 3.27. The summed E-state index contributed by atoms with van der Waals surface area (Å²) in [5, 5.41) is 6.99. The first-order valence-corrected chi connectivity index (χ1v) is 9.30. The Morgan fingerprint density at radius 3 is 2.60 bits per heavy atom. The van der Waals surface area contributed by atoms with Gasteiger partial charge >= 0.3 is 0 Å². The summed E-state index contributed by atoms with van der Waals surface area (Å²) in [6.07, 6.45) is 8.46. The lowest BCUT2D eigenvalue weighted by molar-refractivity contribution is 0.209. The van der Waals surface area contributed by atoms with Crippen molar-refractivity contribution in [3.63, 3.8) is 0 Å². The van der Waals surface area contributed by atoms with Gasteiger partial charge in [0.2, 0.25) is 0 Å². The van der Waals surface area contributed by atoms with Gasteiger partial charge < -0.3 is 10.6 Å². The number of pyridine rings is 1. The molecule has 2 N–H and O–H groups in total. The SMILES string of the molecule is c1ccc(CN2CCC(Nc3cc(NCC4CC4)ncn3)CC2)nc1. The third-order valence-electron chi connectivity index (χ3n) is 4.99. The van der Waals surface area contributed by atoms with Crippen molar-refractivity contribution in [2.75, 3.05) is 30.3 Å². The average Bonchev–Trinajstić information content (AvgIpc) is 3.47. The average molecular weight is 338 g/mol. The molecule has 2 aliphatic rings. The smallest absolute Gasteiger partial charge is 0.131 e. The van der Waals surface area contributed by atoms with Crippen molar-refractivity contribution in [2.45, 2.75) is 38.3 Å². The van der Waals surface area contributed by atoms with Crippen molar-refractivity contribution in [1.29, 1.82) is 0 Å². The minimum Gasteiger partial charge on any atom is -0.370 e. The van der Waals surface area contributed by atoms with Gasteiger partial charge in [-0.3, -0.25) is 9.88 Å². The summed E-state index contributed by atoms with van der Waals surface area (Å²) in [7, 11) is 0. The maximum absolute atomic E-state index is 4.42. The number of piperidine rings is 1. The van der Waals surface area contributed by atoms with Crippen LogP contribution in [0.2, 0.25) is 0 Å². The molecule has 0 aromatic carbocycles. The predicted molar refractivity (Wildman–Crippen MR) is 99.4 cm³/mol. The quantitative estimate of drug-likeness (QED) is 0.809. The van der Waals surface area contributed by atoms with Crippen molar-refractivity contribution in [2.24, 2.45) is 5.92 Å². The first-order valence-electron chi connectivity index (χ1n) is 9.30. The van der Waals surface area contributed by atoms with Crippen LogP contribution in [0.15, 0.2) is 36.8 Å². The van der Waals surface area contributed by atoms with Gasteiger partial charge in [0.05, 0.1) is 5.69 Å². The molecule has 4 rings (SSSR count). The second-order valence-electron chi connectivity index (χ2n) is 7.13. The molecule has 0 spiro atoms. The number of rotatable bonds is 7. The minimum absolute atomic E-state index is 0.478. The topological polar surface area (TPSA) is 66.0 Å². The Morgan fingerprint density at radius 1 is 1.00 bits per heavy atom. The number of nitrogens with one attached hydrogen (secondary N) is 2. The number of aromatic nitrogens is 3. The van der Waals surface area contributed by atoms with Gasteiger partial charge in [-0.1, -0.05) is 6.07 Å². The van der Waals surface area contributed by atoms with Crippen LogP contribution in [0.25, 0.3) is 0 Å². The molecular weight excluding hydrogens is 312 g/mol. The van der Waals surface area contributed by atoms with E-state index in [2.05, 4.69) is 42.6 Å². The van der Waals surface area contributed by atoms with E-state index in [0.717, 1.165) is 62.3 Å². The molecular formula is C19H26N6. The Morgan fingerprint density at radius 2 is 1.84 bits per heavy atom. The summed E-state index contributed by atoms with van der Waals surface area (Å²) >= 11 is 0. The van der Waals surface area contributed by atoms with Crippen LogP contribution in [0.4, 0.5) is 11.6 Å². The summed E-state index contributed by atoms with van der Waals surface area (Å²) in [5.41, 5.74) is 1.15. The molecule has 0 atom stereocenters. The Labute approximate surface area is 149 Å². The largest absolute Gasteiger partial charge is 0.370 e. The molecule has 2 aromatic rings. The van der Waals surface area contributed by atoms with Crippen LogP contribution in [0.3, 0.4) is 0 Å². The van der Waals surface area contributed by atoms with Crippen LogP contribution in [-0.2, 0) is 6.54 Å². The number of anilines is 2. The lowest BCUT2D eigenvalue weighted by Crippen LogP contribution is -2.38. The van der Waals surface area contributed by atoms with Crippen molar-refractivity contribution in [3.8, 4) is 0 Å². The first-order chi connectivity index (χ1) is 12.3. The second-order valence-corrected chi connectivity index (χ2v) is 7.13.